The van der Waals surface area contributed by atoms with Crippen LogP contribution in [0.5, 0.6) is 11.5 Å². The van der Waals surface area contributed by atoms with Crippen LogP contribution in [0.1, 0.15) is 39.7 Å². The number of benzene rings is 1. The molecule has 1 aromatic rings. The maximum Gasteiger partial charge on any atom is 0.161 e. The van der Waals surface area contributed by atoms with Gasteiger partial charge in [0.2, 0.25) is 0 Å². The molecule has 0 radical (unpaired) electrons. The molecule has 3 heteroatoms. The lowest BCUT2D eigenvalue weighted by molar-refractivity contribution is 0.268. The molecule has 0 aromatic heterocycles. The van der Waals surface area contributed by atoms with E-state index in [0.717, 1.165) is 30.0 Å². The molecule has 0 unspecified atom stereocenters. The number of allylic oxidation sites excluding steroid dienone is 1. The summed E-state index contributed by atoms with van der Waals surface area (Å²) in [6, 6.07) is 5.97. The van der Waals surface area contributed by atoms with Crippen LogP contribution < -0.4 is 14.8 Å². The number of hydrogen-bond acceptors (Lipinski definition) is 3. The molecule has 3 nitrogen and oxygen atoms in total. The summed E-state index contributed by atoms with van der Waals surface area (Å²) in [7, 11) is 1.67. The lowest BCUT2D eigenvalue weighted by Crippen LogP contribution is -2.40. The summed E-state index contributed by atoms with van der Waals surface area (Å²) in [6.07, 6.45) is 5.14. The van der Waals surface area contributed by atoms with Gasteiger partial charge in [0.25, 0.3) is 0 Å². The Morgan fingerprint density at radius 3 is 2.60 bits per heavy atom. The van der Waals surface area contributed by atoms with Gasteiger partial charge in [-0.3, -0.25) is 0 Å². The minimum absolute atomic E-state index is 0.156. The van der Waals surface area contributed by atoms with E-state index in [4.69, 9.17) is 9.47 Å². The van der Waals surface area contributed by atoms with Crippen molar-refractivity contribution in [3.63, 3.8) is 0 Å². The van der Waals surface area contributed by atoms with Crippen molar-refractivity contribution in [1.29, 1.82) is 0 Å². The van der Waals surface area contributed by atoms with Gasteiger partial charge in [-0.05, 0) is 44.9 Å². The van der Waals surface area contributed by atoms with Gasteiger partial charge >= 0.3 is 0 Å². The van der Waals surface area contributed by atoms with Crippen molar-refractivity contribution in [1.82, 2.24) is 5.32 Å². The van der Waals surface area contributed by atoms with E-state index in [0.29, 0.717) is 6.61 Å². The molecule has 0 saturated heterocycles. The van der Waals surface area contributed by atoms with Crippen molar-refractivity contribution in [2.75, 3.05) is 20.3 Å². The molecule has 112 valence electrons. The van der Waals surface area contributed by atoms with Crippen molar-refractivity contribution in [2.24, 2.45) is 0 Å². The summed E-state index contributed by atoms with van der Waals surface area (Å²) < 4.78 is 11.2. The molecule has 0 amide bonds. The highest BCUT2D eigenvalue weighted by Crippen LogP contribution is 2.28. The first-order valence-corrected chi connectivity index (χ1v) is 7.21. The SMILES string of the molecule is CC=Cc1ccc(OCCNC(C)(C)CC)c(OC)c1. The highest BCUT2D eigenvalue weighted by atomic mass is 16.5. The molecule has 0 aliphatic carbocycles. The average molecular weight is 277 g/mol. The summed E-state index contributed by atoms with van der Waals surface area (Å²) in [6.45, 7) is 10.0. The first kappa shape index (κ1) is 16.6. The van der Waals surface area contributed by atoms with Gasteiger partial charge < -0.3 is 14.8 Å². The Morgan fingerprint density at radius 2 is 2.00 bits per heavy atom. The lowest BCUT2D eigenvalue weighted by Gasteiger charge is -2.24. The molecule has 0 bridgehead atoms. The minimum Gasteiger partial charge on any atom is -0.493 e. The maximum atomic E-state index is 5.79. The van der Waals surface area contributed by atoms with Gasteiger partial charge in [-0.15, -0.1) is 0 Å². The van der Waals surface area contributed by atoms with Crippen molar-refractivity contribution in [2.45, 2.75) is 39.7 Å². The van der Waals surface area contributed by atoms with Crippen LogP contribution in [0.15, 0.2) is 24.3 Å². The zero-order valence-electron chi connectivity index (χ0n) is 13.3. The van der Waals surface area contributed by atoms with E-state index in [9.17, 15) is 0 Å². The van der Waals surface area contributed by atoms with Crippen LogP contribution in [0.3, 0.4) is 0 Å². The third-order valence-electron chi connectivity index (χ3n) is 3.39. The topological polar surface area (TPSA) is 30.5 Å². The summed E-state index contributed by atoms with van der Waals surface area (Å²) >= 11 is 0. The van der Waals surface area contributed by atoms with E-state index in [1.54, 1.807) is 7.11 Å². The smallest absolute Gasteiger partial charge is 0.161 e. The van der Waals surface area contributed by atoms with Crippen LogP contribution in [0, 0.1) is 0 Å². The van der Waals surface area contributed by atoms with Gasteiger partial charge in [-0.25, -0.2) is 0 Å². The Bertz CT molecular complexity index is 439. The fourth-order valence-electron chi connectivity index (χ4n) is 1.77. The Balaban J connectivity index is 2.55. The first-order valence-electron chi connectivity index (χ1n) is 7.21. The molecule has 1 aromatic carbocycles. The Labute approximate surface area is 123 Å². The van der Waals surface area contributed by atoms with Crippen LogP contribution in [-0.2, 0) is 0 Å². The predicted octanol–water partition coefficient (Wildman–Crippen LogP) is 3.89. The second-order valence-corrected chi connectivity index (χ2v) is 5.42. The second kappa shape index (κ2) is 7.95. The number of rotatable bonds is 8. The second-order valence-electron chi connectivity index (χ2n) is 5.42. The van der Waals surface area contributed by atoms with Gasteiger partial charge in [0.05, 0.1) is 7.11 Å². The number of ether oxygens (including phenoxy) is 2. The molecule has 0 saturated carbocycles. The van der Waals surface area contributed by atoms with Gasteiger partial charge in [-0.2, -0.15) is 0 Å². The van der Waals surface area contributed by atoms with Crippen LogP contribution in [0.2, 0.25) is 0 Å². The average Bonchev–Trinajstić information content (AvgIpc) is 2.45. The summed E-state index contributed by atoms with van der Waals surface area (Å²) in [5.41, 5.74) is 1.27. The van der Waals surface area contributed by atoms with E-state index >= 15 is 0 Å². The highest BCUT2D eigenvalue weighted by molar-refractivity contribution is 5.55. The third kappa shape index (κ3) is 5.25. The number of hydrogen-bond donors (Lipinski definition) is 1. The van der Waals surface area contributed by atoms with E-state index < -0.39 is 0 Å². The van der Waals surface area contributed by atoms with E-state index in [-0.39, 0.29) is 5.54 Å². The standard InChI is InChI=1S/C17H27NO2/c1-6-8-14-9-10-15(16(13-14)19-5)20-12-11-18-17(3,4)7-2/h6,8-10,13,18H,7,11-12H2,1-5H3. The molecule has 0 heterocycles. The summed E-state index contributed by atoms with van der Waals surface area (Å²) in [4.78, 5) is 0. The first-order chi connectivity index (χ1) is 9.52. The zero-order valence-corrected chi connectivity index (χ0v) is 13.3. The van der Waals surface area contributed by atoms with Crippen molar-refractivity contribution in [3.8, 4) is 11.5 Å². The van der Waals surface area contributed by atoms with Crippen LogP contribution in [0.25, 0.3) is 6.08 Å². The van der Waals surface area contributed by atoms with Gasteiger partial charge in [0.15, 0.2) is 11.5 Å². The quantitative estimate of drug-likeness (QED) is 0.731. The van der Waals surface area contributed by atoms with E-state index in [1.807, 2.05) is 37.3 Å². The monoisotopic (exact) mass is 277 g/mol. The maximum absolute atomic E-state index is 5.79. The zero-order chi connectivity index (χ0) is 15.0. The molecular weight excluding hydrogens is 250 g/mol. The Kier molecular flexibility index (Phi) is 6.59. The molecular formula is C17H27NO2. The van der Waals surface area contributed by atoms with Crippen LogP contribution >= 0.6 is 0 Å². The predicted molar refractivity (Wildman–Crippen MR) is 85.6 cm³/mol. The normalized spacial score (nSPS) is 11.8. The van der Waals surface area contributed by atoms with Crippen molar-refractivity contribution < 1.29 is 9.47 Å². The molecule has 0 aliphatic heterocycles. The van der Waals surface area contributed by atoms with Gasteiger partial charge in [-0.1, -0.05) is 25.1 Å². The molecule has 20 heavy (non-hydrogen) atoms. The summed E-state index contributed by atoms with van der Waals surface area (Å²) in [5.74, 6) is 1.56. The summed E-state index contributed by atoms with van der Waals surface area (Å²) in [5, 5.41) is 3.47. The van der Waals surface area contributed by atoms with Gasteiger partial charge in [0.1, 0.15) is 6.61 Å². The largest absolute Gasteiger partial charge is 0.493 e. The Hall–Kier alpha value is -1.48. The van der Waals surface area contributed by atoms with Gasteiger partial charge in [0, 0.05) is 12.1 Å². The number of methoxy groups -OCH3 is 1. The highest BCUT2D eigenvalue weighted by Gasteiger charge is 2.13. The molecule has 1 rings (SSSR count). The lowest BCUT2D eigenvalue weighted by atomic mass is 10.0. The molecule has 1 N–H and O–H groups in total. The number of nitrogens with one attached hydrogen (secondary N) is 1. The fourth-order valence-corrected chi connectivity index (χ4v) is 1.77. The third-order valence-corrected chi connectivity index (χ3v) is 3.39. The van der Waals surface area contributed by atoms with E-state index in [1.165, 1.54) is 0 Å². The van der Waals surface area contributed by atoms with Crippen molar-refractivity contribution >= 4 is 6.08 Å². The minimum atomic E-state index is 0.156. The van der Waals surface area contributed by atoms with E-state index in [2.05, 4.69) is 26.1 Å². The molecule has 0 spiro atoms. The fraction of sp³-hybridized carbons (Fsp3) is 0.529. The van der Waals surface area contributed by atoms with Crippen molar-refractivity contribution in [3.05, 3.63) is 29.8 Å². The Morgan fingerprint density at radius 1 is 1.25 bits per heavy atom. The molecule has 0 fully saturated rings. The van der Waals surface area contributed by atoms with Crippen LogP contribution in [0.4, 0.5) is 0 Å². The molecule has 0 atom stereocenters. The molecule has 0 aliphatic rings. The van der Waals surface area contributed by atoms with Crippen LogP contribution in [-0.4, -0.2) is 25.8 Å².